The topological polar surface area (TPSA) is 40.1 Å². The minimum atomic E-state index is -0.991. The molecule has 2 rings (SSSR count). The lowest BCUT2D eigenvalue weighted by atomic mass is 9.89. The van der Waals surface area contributed by atoms with Crippen molar-refractivity contribution in [3.8, 4) is 0 Å². The highest BCUT2D eigenvalue weighted by Crippen LogP contribution is 2.30. The lowest BCUT2D eigenvalue weighted by molar-refractivity contribution is -0.308. The molecular weight excluding hydrogens is 176 g/mol. The third-order valence-electron chi connectivity index (χ3n) is 2.58. The second-order valence-corrected chi connectivity index (χ2v) is 3.50. The van der Waals surface area contributed by atoms with Gasteiger partial charge in [0.25, 0.3) is 0 Å². The second kappa shape index (κ2) is 3.66. The van der Waals surface area contributed by atoms with E-state index in [1.54, 1.807) is 0 Å². The number of carboxylic acids is 1. The minimum absolute atomic E-state index is 0.528. The lowest BCUT2D eigenvalue weighted by Gasteiger charge is -2.20. The summed E-state index contributed by atoms with van der Waals surface area (Å²) in [5.41, 5.74) is 1.86. The van der Waals surface area contributed by atoms with Crippen LogP contribution in [0.5, 0.6) is 0 Å². The maximum atomic E-state index is 11.0. The van der Waals surface area contributed by atoms with Crippen molar-refractivity contribution in [2.24, 2.45) is 5.92 Å². The number of carboxylic acid groups (broad SMARTS) is 1. The van der Waals surface area contributed by atoms with Gasteiger partial charge in [-0.1, -0.05) is 47.6 Å². The number of allylic oxidation sites excluding steroid dienone is 6. The molecule has 0 aromatic carbocycles. The summed E-state index contributed by atoms with van der Waals surface area (Å²) >= 11 is 0. The molecule has 0 radical (unpaired) electrons. The predicted molar refractivity (Wildman–Crippen MR) is 52.2 cm³/mol. The van der Waals surface area contributed by atoms with Gasteiger partial charge < -0.3 is 9.90 Å². The molecule has 2 aliphatic carbocycles. The average Bonchev–Trinajstić information content (AvgIpc) is 2.75. The van der Waals surface area contributed by atoms with Gasteiger partial charge in [0.15, 0.2) is 0 Å². The first kappa shape index (κ1) is 9.00. The fourth-order valence-electron chi connectivity index (χ4n) is 1.90. The van der Waals surface area contributed by atoms with Gasteiger partial charge in [0.1, 0.15) is 0 Å². The molecule has 2 aliphatic rings. The Labute approximate surface area is 82.9 Å². The van der Waals surface area contributed by atoms with Crippen LogP contribution in [0.15, 0.2) is 47.6 Å². The van der Waals surface area contributed by atoms with Crippen molar-refractivity contribution in [2.75, 3.05) is 0 Å². The summed E-state index contributed by atoms with van der Waals surface area (Å²) in [4.78, 5) is 11.0. The van der Waals surface area contributed by atoms with E-state index in [-0.39, 0.29) is 0 Å². The maximum absolute atomic E-state index is 11.0. The first-order valence-corrected chi connectivity index (χ1v) is 4.71. The van der Waals surface area contributed by atoms with Crippen molar-refractivity contribution in [1.82, 2.24) is 0 Å². The van der Waals surface area contributed by atoms with Crippen LogP contribution in [0.4, 0.5) is 0 Å². The molecule has 0 N–H and O–H groups in total. The van der Waals surface area contributed by atoms with Crippen LogP contribution in [0.25, 0.3) is 0 Å². The minimum Gasteiger partial charge on any atom is -0.549 e. The number of hydrogen-bond acceptors (Lipinski definition) is 2. The SMILES string of the molecule is O=C([O-])C(C1=CC=CC1)C1=CC=CC1. The van der Waals surface area contributed by atoms with Crippen LogP contribution in [-0.2, 0) is 4.79 Å². The normalized spacial score (nSPS) is 18.9. The van der Waals surface area contributed by atoms with Gasteiger partial charge in [-0.3, -0.25) is 0 Å². The van der Waals surface area contributed by atoms with E-state index in [1.807, 2.05) is 36.5 Å². The zero-order valence-electron chi connectivity index (χ0n) is 7.77. The van der Waals surface area contributed by atoms with Crippen LogP contribution in [0.1, 0.15) is 12.8 Å². The standard InChI is InChI=1S/C12H12O2/c13-12(14)11(9-5-1-2-6-9)10-7-3-4-8-10/h1-5,7,11H,6,8H2,(H,13,14)/p-1. The summed E-state index contributed by atoms with van der Waals surface area (Å²) in [5.74, 6) is -1.52. The highest BCUT2D eigenvalue weighted by atomic mass is 16.4. The van der Waals surface area contributed by atoms with Gasteiger partial charge >= 0.3 is 0 Å². The molecule has 0 fully saturated rings. The Bertz CT molecular complexity index is 340. The molecule has 0 heterocycles. The zero-order chi connectivity index (χ0) is 9.97. The van der Waals surface area contributed by atoms with Crippen LogP contribution in [0.3, 0.4) is 0 Å². The fourth-order valence-corrected chi connectivity index (χ4v) is 1.90. The molecule has 0 unspecified atom stereocenters. The molecule has 0 atom stereocenters. The molecule has 0 aliphatic heterocycles. The molecule has 0 amide bonds. The molecule has 0 spiro atoms. The van der Waals surface area contributed by atoms with E-state index in [4.69, 9.17) is 0 Å². The van der Waals surface area contributed by atoms with Gasteiger partial charge in [0.05, 0.1) is 5.97 Å². The molecule has 14 heavy (non-hydrogen) atoms. The number of aliphatic carboxylic acids is 1. The molecule has 0 aromatic rings. The Balaban J connectivity index is 2.20. The summed E-state index contributed by atoms with van der Waals surface area (Å²) in [6.45, 7) is 0. The van der Waals surface area contributed by atoms with Crippen molar-refractivity contribution in [3.05, 3.63) is 47.6 Å². The van der Waals surface area contributed by atoms with Crippen molar-refractivity contribution < 1.29 is 9.90 Å². The average molecular weight is 187 g/mol. The molecule has 2 nitrogen and oxygen atoms in total. The van der Waals surface area contributed by atoms with Crippen molar-refractivity contribution in [3.63, 3.8) is 0 Å². The third-order valence-corrected chi connectivity index (χ3v) is 2.58. The van der Waals surface area contributed by atoms with Gasteiger partial charge in [-0.25, -0.2) is 0 Å². The van der Waals surface area contributed by atoms with Crippen LogP contribution in [0.2, 0.25) is 0 Å². The van der Waals surface area contributed by atoms with E-state index in [1.165, 1.54) is 0 Å². The molecule has 2 heteroatoms. The largest absolute Gasteiger partial charge is 0.549 e. The third kappa shape index (κ3) is 1.55. The highest BCUT2D eigenvalue weighted by molar-refractivity contribution is 5.76. The Hall–Kier alpha value is -1.57. The van der Waals surface area contributed by atoms with Crippen LogP contribution in [0, 0.1) is 5.92 Å². The first-order chi connectivity index (χ1) is 6.79. The summed E-state index contributed by atoms with van der Waals surface area (Å²) < 4.78 is 0. The van der Waals surface area contributed by atoms with Gasteiger partial charge in [0.2, 0.25) is 0 Å². The molecular formula is C12H11O2-. The van der Waals surface area contributed by atoms with Crippen molar-refractivity contribution in [1.29, 1.82) is 0 Å². The first-order valence-electron chi connectivity index (χ1n) is 4.71. The van der Waals surface area contributed by atoms with Gasteiger partial charge in [-0.15, -0.1) is 0 Å². The summed E-state index contributed by atoms with van der Waals surface area (Å²) in [7, 11) is 0. The van der Waals surface area contributed by atoms with Gasteiger partial charge in [-0.2, -0.15) is 0 Å². The summed E-state index contributed by atoms with van der Waals surface area (Å²) in [5, 5.41) is 11.0. The van der Waals surface area contributed by atoms with E-state index < -0.39 is 11.9 Å². The Morgan fingerprint density at radius 1 is 1.14 bits per heavy atom. The summed E-state index contributed by atoms with van der Waals surface area (Å²) in [6, 6.07) is 0. The van der Waals surface area contributed by atoms with E-state index in [0.29, 0.717) is 0 Å². The van der Waals surface area contributed by atoms with E-state index in [0.717, 1.165) is 24.0 Å². The molecule has 72 valence electrons. The maximum Gasteiger partial charge on any atom is 0.0527 e. The molecule has 0 aromatic heterocycles. The monoisotopic (exact) mass is 187 g/mol. The van der Waals surface area contributed by atoms with Crippen LogP contribution < -0.4 is 5.11 Å². The Morgan fingerprint density at radius 2 is 1.64 bits per heavy atom. The molecule has 0 saturated carbocycles. The molecule has 0 saturated heterocycles. The van der Waals surface area contributed by atoms with Gasteiger partial charge in [-0.05, 0) is 12.8 Å². The van der Waals surface area contributed by atoms with Crippen LogP contribution in [-0.4, -0.2) is 5.97 Å². The number of carbonyl (C=O) groups is 1. The predicted octanol–water partition coefficient (Wildman–Crippen LogP) is 1.13. The van der Waals surface area contributed by atoms with E-state index >= 15 is 0 Å². The van der Waals surface area contributed by atoms with E-state index in [2.05, 4.69) is 0 Å². The second-order valence-electron chi connectivity index (χ2n) is 3.50. The van der Waals surface area contributed by atoms with Crippen molar-refractivity contribution >= 4 is 5.97 Å². The number of carbonyl (C=O) groups excluding carboxylic acids is 1. The highest BCUT2D eigenvalue weighted by Gasteiger charge is 2.20. The Morgan fingerprint density at radius 3 is 1.93 bits per heavy atom. The number of rotatable bonds is 3. The fraction of sp³-hybridized carbons (Fsp3) is 0.250. The van der Waals surface area contributed by atoms with Gasteiger partial charge in [0, 0.05) is 5.92 Å². The number of hydrogen-bond donors (Lipinski definition) is 0. The summed E-state index contributed by atoms with van der Waals surface area (Å²) in [6.07, 6.45) is 12.9. The lowest BCUT2D eigenvalue weighted by Crippen LogP contribution is -2.33. The van der Waals surface area contributed by atoms with Crippen molar-refractivity contribution in [2.45, 2.75) is 12.8 Å². The molecule has 0 bridgehead atoms. The smallest absolute Gasteiger partial charge is 0.0527 e. The quantitative estimate of drug-likeness (QED) is 0.664. The van der Waals surface area contributed by atoms with E-state index in [9.17, 15) is 9.90 Å². The van der Waals surface area contributed by atoms with Crippen LogP contribution >= 0.6 is 0 Å². The Kier molecular flexibility index (Phi) is 2.35. The zero-order valence-corrected chi connectivity index (χ0v) is 7.77.